The van der Waals surface area contributed by atoms with Crippen LogP contribution in [0.3, 0.4) is 0 Å². The predicted octanol–water partition coefficient (Wildman–Crippen LogP) is 1.31. The lowest BCUT2D eigenvalue weighted by Crippen LogP contribution is -2.50. The number of hydrogen-bond donors (Lipinski definition) is 2. The van der Waals surface area contributed by atoms with Crippen molar-refractivity contribution >= 4 is 22.0 Å². The summed E-state index contributed by atoms with van der Waals surface area (Å²) in [4.78, 5) is 25.4. The fourth-order valence-electron chi connectivity index (χ4n) is 3.13. The second-order valence-electron chi connectivity index (χ2n) is 6.92. The van der Waals surface area contributed by atoms with Crippen molar-refractivity contribution in [3.63, 3.8) is 0 Å². The number of hydrogen-bond acceptors (Lipinski definition) is 4. The lowest BCUT2D eigenvalue weighted by molar-refractivity contribution is 0.0698. The lowest BCUT2D eigenvalue weighted by atomic mass is 10.1. The van der Waals surface area contributed by atoms with Gasteiger partial charge in [-0.3, -0.25) is 4.79 Å². The second kappa shape index (κ2) is 8.62. The van der Waals surface area contributed by atoms with E-state index in [-0.39, 0.29) is 23.9 Å². The van der Waals surface area contributed by atoms with E-state index in [4.69, 9.17) is 5.73 Å². The van der Waals surface area contributed by atoms with Crippen LogP contribution in [0.4, 0.5) is 4.79 Å². The molecule has 2 aromatic rings. The molecule has 1 saturated heterocycles. The number of benzene rings is 2. The summed E-state index contributed by atoms with van der Waals surface area (Å²) in [6.07, 6.45) is 0. The van der Waals surface area contributed by atoms with Gasteiger partial charge in [0.25, 0.3) is 5.91 Å². The van der Waals surface area contributed by atoms with Gasteiger partial charge in [0.2, 0.25) is 10.0 Å². The van der Waals surface area contributed by atoms with Gasteiger partial charge in [-0.15, -0.1) is 0 Å². The third-order valence-corrected chi connectivity index (χ3v) is 6.77. The first kappa shape index (κ1) is 20.8. The first-order chi connectivity index (χ1) is 13.8. The number of nitrogens with one attached hydrogen (secondary N) is 1. The van der Waals surface area contributed by atoms with Gasteiger partial charge in [0.1, 0.15) is 0 Å². The molecule has 0 unspecified atom stereocenters. The van der Waals surface area contributed by atoms with Gasteiger partial charge in [0.15, 0.2) is 0 Å². The van der Waals surface area contributed by atoms with Crippen LogP contribution in [0.5, 0.6) is 0 Å². The molecular formula is C20H24N4O4S. The zero-order chi connectivity index (χ0) is 21.0. The molecule has 3 amide bonds. The highest BCUT2D eigenvalue weighted by Gasteiger charge is 2.30. The molecule has 0 atom stereocenters. The molecule has 0 saturated carbocycles. The molecule has 0 spiro atoms. The van der Waals surface area contributed by atoms with Gasteiger partial charge in [0, 0.05) is 38.3 Å². The zero-order valence-electron chi connectivity index (χ0n) is 16.2. The summed E-state index contributed by atoms with van der Waals surface area (Å²) >= 11 is 0. The van der Waals surface area contributed by atoms with Gasteiger partial charge in [-0.1, -0.05) is 29.8 Å². The summed E-state index contributed by atoms with van der Waals surface area (Å²) in [7, 11) is -3.56. The maximum absolute atomic E-state index is 12.8. The molecule has 1 fully saturated rings. The number of carbonyl (C=O) groups is 2. The summed E-state index contributed by atoms with van der Waals surface area (Å²) in [6.45, 7) is 3.36. The molecule has 9 heteroatoms. The van der Waals surface area contributed by atoms with Crippen LogP contribution in [-0.2, 0) is 16.6 Å². The number of nitrogens with two attached hydrogens (primary N) is 1. The first-order valence-electron chi connectivity index (χ1n) is 9.26. The van der Waals surface area contributed by atoms with Crippen LogP contribution >= 0.6 is 0 Å². The third-order valence-electron chi connectivity index (χ3n) is 4.85. The predicted molar refractivity (Wildman–Crippen MR) is 109 cm³/mol. The van der Waals surface area contributed by atoms with Gasteiger partial charge >= 0.3 is 6.03 Å². The van der Waals surface area contributed by atoms with Crippen molar-refractivity contribution in [3.05, 3.63) is 65.2 Å². The van der Waals surface area contributed by atoms with Gasteiger partial charge in [-0.05, 0) is 36.8 Å². The minimum Gasteiger partial charge on any atom is -0.352 e. The molecule has 0 aliphatic carbocycles. The third kappa shape index (κ3) is 4.93. The Morgan fingerprint density at radius 1 is 0.966 bits per heavy atom. The van der Waals surface area contributed by atoms with Crippen molar-refractivity contribution in [3.8, 4) is 0 Å². The van der Waals surface area contributed by atoms with Gasteiger partial charge < -0.3 is 16.0 Å². The van der Waals surface area contributed by atoms with E-state index in [9.17, 15) is 18.0 Å². The summed E-state index contributed by atoms with van der Waals surface area (Å²) in [5.74, 6) is -0.146. The number of nitrogens with zero attached hydrogens (tertiary/aromatic N) is 2. The van der Waals surface area contributed by atoms with Crippen LogP contribution in [-0.4, -0.2) is 55.7 Å². The van der Waals surface area contributed by atoms with Crippen LogP contribution in [0, 0.1) is 6.92 Å². The Bertz CT molecular complexity index is 980. The maximum Gasteiger partial charge on any atom is 0.312 e. The number of piperazine rings is 1. The molecule has 3 rings (SSSR count). The van der Waals surface area contributed by atoms with Crippen LogP contribution in [0.1, 0.15) is 21.5 Å². The Kier molecular flexibility index (Phi) is 6.19. The van der Waals surface area contributed by atoms with Crippen LogP contribution < -0.4 is 11.1 Å². The Morgan fingerprint density at radius 2 is 1.55 bits per heavy atom. The minimum atomic E-state index is -3.56. The highest BCUT2D eigenvalue weighted by Crippen LogP contribution is 2.19. The van der Waals surface area contributed by atoms with E-state index in [1.165, 1.54) is 4.31 Å². The van der Waals surface area contributed by atoms with Gasteiger partial charge in [0.05, 0.1) is 4.90 Å². The highest BCUT2D eigenvalue weighted by atomic mass is 32.2. The van der Waals surface area contributed by atoms with Crippen LogP contribution in [0.25, 0.3) is 0 Å². The Morgan fingerprint density at radius 3 is 2.10 bits per heavy atom. The summed E-state index contributed by atoms with van der Waals surface area (Å²) < 4.78 is 27.0. The van der Waals surface area contributed by atoms with Crippen LogP contribution in [0.15, 0.2) is 53.4 Å². The van der Waals surface area contributed by atoms with Gasteiger partial charge in [-0.2, -0.15) is 4.31 Å². The second-order valence-corrected chi connectivity index (χ2v) is 8.86. The van der Waals surface area contributed by atoms with Crippen molar-refractivity contribution in [1.29, 1.82) is 0 Å². The van der Waals surface area contributed by atoms with E-state index >= 15 is 0 Å². The molecule has 3 N–H and O–H groups in total. The minimum absolute atomic E-state index is 0.146. The van der Waals surface area contributed by atoms with Crippen molar-refractivity contribution in [1.82, 2.24) is 14.5 Å². The fourth-order valence-corrected chi connectivity index (χ4v) is 4.55. The number of sulfonamides is 1. The van der Waals surface area contributed by atoms with E-state index in [2.05, 4.69) is 5.32 Å². The number of aryl methyl sites for hydroxylation is 1. The molecular weight excluding hydrogens is 392 g/mol. The van der Waals surface area contributed by atoms with Crippen LogP contribution in [0.2, 0.25) is 0 Å². The quantitative estimate of drug-likeness (QED) is 0.765. The molecule has 0 bridgehead atoms. The molecule has 154 valence electrons. The number of carbonyl (C=O) groups excluding carboxylic acids is 2. The Labute approximate surface area is 170 Å². The largest absolute Gasteiger partial charge is 0.352 e. The standard InChI is InChI=1S/C20H24N4O4S/c1-15-2-8-18(9-3-15)29(27,28)24-12-10-23(11-13-24)19(25)17-6-4-16(5-7-17)14-22-20(21)26/h2-9H,10-14H2,1H3,(H3,21,22,26). The molecule has 2 aromatic carbocycles. The summed E-state index contributed by atoms with van der Waals surface area (Å²) in [5, 5.41) is 2.49. The molecule has 29 heavy (non-hydrogen) atoms. The van der Waals surface area contributed by atoms with Crippen molar-refractivity contribution in [2.75, 3.05) is 26.2 Å². The van der Waals surface area contributed by atoms with E-state index in [1.54, 1.807) is 53.4 Å². The summed E-state index contributed by atoms with van der Waals surface area (Å²) in [6, 6.07) is 13.0. The first-order valence-corrected chi connectivity index (χ1v) is 10.7. The number of urea groups is 1. The smallest absolute Gasteiger partial charge is 0.312 e. The van der Waals surface area contributed by atoms with Crippen molar-refractivity contribution in [2.24, 2.45) is 5.73 Å². The SMILES string of the molecule is Cc1ccc(S(=O)(=O)N2CCN(C(=O)c3ccc(CNC(N)=O)cc3)CC2)cc1. The molecule has 0 radical (unpaired) electrons. The molecule has 8 nitrogen and oxygen atoms in total. The number of amides is 3. The maximum atomic E-state index is 12.8. The average molecular weight is 417 g/mol. The van der Waals surface area contributed by atoms with E-state index in [0.29, 0.717) is 25.2 Å². The van der Waals surface area contributed by atoms with Gasteiger partial charge in [-0.25, -0.2) is 13.2 Å². The molecule has 1 aliphatic heterocycles. The Balaban J connectivity index is 1.60. The number of primary amides is 1. The lowest BCUT2D eigenvalue weighted by Gasteiger charge is -2.34. The van der Waals surface area contributed by atoms with Crippen molar-refractivity contribution in [2.45, 2.75) is 18.4 Å². The topological polar surface area (TPSA) is 113 Å². The highest BCUT2D eigenvalue weighted by molar-refractivity contribution is 7.89. The van der Waals surface area contributed by atoms with E-state index in [0.717, 1.165) is 11.1 Å². The molecule has 0 aromatic heterocycles. The molecule has 1 heterocycles. The number of rotatable bonds is 5. The summed E-state index contributed by atoms with van der Waals surface area (Å²) in [5.41, 5.74) is 7.38. The Hall–Kier alpha value is -2.91. The average Bonchev–Trinajstić information content (AvgIpc) is 2.72. The monoisotopic (exact) mass is 416 g/mol. The van der Waals surface area contributed by atoms with Crippen molar-refractivity contribution < 1.29 is 18.0 Å². The fraction of sp³-hybridized carbons (Fsp3) is 0.300. The van der Waals surface area contributed by atoms with E-state index in [1.807, 2.05) is 6.92 Å². The van der Waals surface area contributed by atoms with E-state index < -0.39 is 16.1 Å². The normalized spacial score (nSPS) is 15.1. The molecule has 1 aliphatic rings. The zero-order valence-corrected chi connectivity index (χ0v) is 17.0.